The molecule has 0 radical (unpaired) electrons. The molecule has 0 saturated carbocycles. The standard InChI is InChI=1S/C9H9N3O/c1-12-9(13)7-5-3-2-4-6(7)8(10)11-12/h2-5H,1H3,(H2,10,11). The summed E-state index contributed by atoms with van der Waals surface area (Å²) in [5, 5.41) is 5.21. The first-order valence-corrected chi connectivity index (χ1v) is 3.91. The van der Waals surface area contributed by atoms with Gasteiger partial charge in [0.1, 0.15) is 0 Å². The normalized spacial score (nSPS) is 10.5. The van der Waals surface area contributed by atoms with Crippen LogP contribution in [0.15, 0.2) is 29.1 Å². The van der Waals surface area contributed by atoms with E-state index in [-0.39, 0.29) is 5.56 Å². The number of hydrogen-bond acceptors (Lipinski definition) is 3. The first kappa shape index (κ1) is 7.79. The van der Waals surface area contributed by atoms with Crippen molar-refractivity contribution in [2.75, 3.05) is 5.73 Å². The first-order chi connectivity index (χ1) is 6.20. The van der Waals surface area contributed by atoms with Crippen LogP contribution in [0.4, 0.5) is 5.82 Å². The summed E-state index contributed by atoms with van der Waals surface area (Å²) in [6.45, 7) is 0. The lowest BCUT2D eigenvalue weighted by atomic mass is 10.2. The number of aryl methyl sites for hydroxylation is 1. The molecule has 0 atom stereocenters. The molecule has 1 aromatic heterocycles. The minimum atomic E-state index is -0.121. The molecule has 4 nitrogen and oxygen atoms in total. The SMILES string of the molecule is Cn1nc(N)c2ccccc2c1=O. The topological polar surface area (TPSA) is 60.9 Å². The molecule has 0 unspecified atom stereocenters. The highest BCUT2D eigenvalue weighted by Gasteiger charge is 2.03. The van der Waals surface area contributed by atoms with Gasteiger partial charge in [-0.25, -0.2) is 4.68 Å². The molecule has 0 aliphatic rings. The van der Waals surface area contributed by atoms with Crippen LogP contribution in [0, 0.1) is 0 Å². The molecule has 2 N–H and O–H groups in total. The molecule has 66 valence electrons. The van der Waals surface area contributed by atoms with E-state index in [0.29, 0.717) is 16.6 Å². The van der Waals surface area contributed by atoms with Gasteiger partial charge in [0.2, 0.25) is 0 Å². The fraction of sp³-hybridized carbons (Fsp3) is 0.111. The first-order valence-electron chi connectivity index (χ1n) is 3.91. The number of nitrogens with zero attached hydrogens (tertiary/aromatic N) is 2. The summed E-state index contributed by atoms with van der Waals surface area (Å²) in [4.78, 5) is 11.5. The third-order valence-electron chi connectivity index (χ3n) is 1.99. The second-order valence-corrected chi connectivity index (χ2v) is 2.86. The Hall–Kier alpha value is -1.84. The molecule has 1 heterocycles. The van der Waals surface area contributed by atoms with Gasteiger partial charge in [0.15, 0.2) is 5.82 Å². The summed E-state index contributed by atoms with van der Waals surface area (Å²) in [6.07, 6.45) is 0. The van der Waals surface area contributed by atoms with Crippen molar-refractivity contribution in [3.63, 3.8) is 0 Å². The summed E-state index contributed by atoms with van der Waals surface area (Å²) >= 11 is 0. The Balaban J connectivity index is 3.06. The second kappa shape index (κ2) is 2.58. The number of nitrogens with two attached hydrogens (primary N) is 1. The van der Waals surface area contributed by atoms with Gasteiger partial charge in [-0.05, 0) is 6.07 Å². The molecular formula is C9H9N3O. The molecule has 1 aromatic carbocycles. The van der Waals surface area contributed by atoms with E-state index in [1.54, 1.807) is 19.2 Å². The maximum Gasteiger partial charge on any atom is 0.274 e. The molecule has 0 fully saturated rings. The molecule has 0 saturated heterocycles. The van der Waals surface area contributed by atoms with Crippen molar-refractivity contribution in [1.82, 2.24) is 9.78 Å². The highest BCUT2D eigenvalue weighted by atomic mass is 16.1. The zero-order valence-electron chi connectivity index (χ0n) is 7.19. The number of anilines is 1. The molecule has 13 heavy (non-hydrogen) atoms. The highest BCUT2D eigenvalue weighted by molar-refractivity contribution is 5.89. The lowest BCUT2D eigenvalue weighted by molar-refractivity contribution is 0.724. The molecule has 0 aliphatic heterocycles. The van der Waals surface area contributed by atoms with Crippen molar-refractivity contribution in [1.29, 1.82) is 0 Å². The van der Waals surface area contributed by atoms with Crippen molar-refractivity contribution < 1.29 is 0 Å². The molecular weight excluding hydrogens is 166 g/mol. The molecule has 0 spiro atoms. The lowest BCUT2D eigenvalue weighted by Crippen LogP contribution is -2.20. The van der Waals surface area contributed by atoms with Gasteiger partial charge < -0.3 is 5.73 Å². The quantitative estimate of drug-likeness (QED) is 0.634. The monoisotopic (exact) mass is 175 g/mol. The highest BCUT2D eigenvalue weighted by Crippen LogP contribution is 2.13. The predicted octanol–water partition coefficient (Wildman–Crippen LogP) is 0.516. The van der Waals surface area contributed by atoms with Gasteiger partial charge in [-0.2, -0.15) is 5.10 Å². The van der Waals surface area contributed by atoms with Crippen LogP contribution in [0.25, 0.3) is 10.8 Å². The maximum absolute atomic E-state index is 11.5. The van der Waals surface area contributed by atoms with E-state index in [1.807, 2.05) is 12.1 Å². The van der Waals surface area contributed by atoms with E-state index in [1.165, 1.54) is 4.68 Å². The molecule has 2 rings (SSSR count). The van der Waals surface area contributed by atoms with E-state index in [9.17, 15) is 4.79 Å². The number of hydrogen-bond donors (Lipinski definition) is 1. The number of fused-ring (bicyclic) bond motifs is 1. The Morgan fingerprint density at radius 2 is 1.92 bits per heavy atom. The number of aromatic nitrogens is 2. The van der Waals surface area contributed by atoms with Gasteiger partial charge in [-0.15, -0.1) is 0 Å². The van der Waals surface area contributed by atoms with Gasteiger partial charge in [0.25, 0.3) is 5.56 Å². The maximum atomic E-state index is 11.5. The van der Waals surface area contributed by atoms with Crippen molar-refractivity contribution in [2.24, 2.45) is 7.05 Å². The lowest BCUT2D eigenvalue weighted by Gasteiger charge is -2.02. The Morgan fingerprint density at radius 3 is 2.62 bits per heavy atom. The van der Waals surface area contributed by atoms with Crippen molar-refractivity contribution in [3.05, 3.63) is 34.6 Å². The molecule has 2 aromatic rings. The van der Waals surface area contributed by atoms with Crippen molar-refractivity contribution >= 4 is 16.6 Å². The number of rotatable bonds is 0. The average Bonchev–Trinajstić information content (AvgIpc) is 2.15. The Bertz CT molecular complexity index is 516. The van der Waals surface area contributed by atoms with E-state index < -0.39 is 0 Å². The van der Waals surface area contributed by atoms with Crippen LogP contribution in [0.5, 0.6) is 0 Å². The van der Waals surface area contributed by atoms with Crippen LogP contribution in [0.3, 0.4) is 0 Å². The third-order valence-corrected chi connectivity index (χ3v) is 1.99. The van der Waals surface area contributed by atoms with Crippen LogP contribution < -0.4 is 11.3 Å². The molecule has 0 amide bonds. The summed E-state index contributed by atoms with van der Waals surface area (Å²) in [5.74, 6) is 0.387. The van der Waals surface area contributed by atoms with Gasteiger partial charge in [-0.3, -0.25) is 4.79 Å². The fourth-order valence-electron chi connectivity index (χ4n) is 1.33. The Kier molecular flexibility index (Phi) is 1.55. The fourth-order valence-corrected chi connectivity index (χ4v) is 1.33. The summed E-state index contributed by atoms with van der Waals surface area (Å²) in [6, 6.07) is 7.18. The minimum absolute atomic E-state index is 0.121. The summed E-state index contributed by atoms with van der Waals surface area (Å²) in [7, 11) is 1.59. The molecule has 0 aliphatic carbocycles. The third kappa shape index (κ3) is 1.07. The van der Waals surface area contributed by atoms with Crippen LogP contribution in [0.2, 0.25) is 0 Å². The van der Waals surface area contributed by atoms with Crippen LogP contribution in [-0.4, -0.2) is 9.78 Å². The minimum Gasteiger partial charge on any atom is -0.382 e. The van der Waals surface area contributed by atoms with Gasteiger partial charge in [-0.1, -0.05) is 18.2 Å². The van der Waals surface area contributed by atoms with Crippen LogP contribution in [0.1, 0.15) is 0 Å². The van der Waals surface area contributed by atoms with Crippen molar-refractivity contribution in [2.45, 2.75) is 0 Å². The molecule has 4 heteroatoms. The Labute approximate surface area is 74.6 Å². The smallest absolute Gasteiger partial charge is 0.274 e. The van der Waals surface area contributed by atoms with Crippen molar-refractivity contribution in [3.8, 4) is 0 Å². The average molecular weight is 175 g/mol. The van der Waals surface area contributed by atoms with E-state index >= 15 is 0 Å². The van der Waals surface area contributed by atoms with Gasteiger partial charge in [0.05, 0.1) is 5.39 Å². The number of nitrogen functional groups attached to an aromatic ring is 1. The van der Waals surface area contributed by atoms with E-state index in [4.69, 9.17) is 5.73 Å². The van der Waals surface area contributed by atoms with Crippen LogP contribution in [-0.2, 0) is 7.05 Å². The van der Waals surface area contributed by atoms with Crippen LogP contribution >= 0.6 is 0 Å². The van der Waals surface area contributed by atoms with E-state index in [2.05, 4.69) is 5.10 Å². The summed E-state index contributed by atoms with van der Waals surface area (Å²) in [5.41, 5.74) is 5.53. The zero-order chi connectivity index (χ0) is 9.42. The summed E-state index contributed by atoms with van der Waals surface area (Å²) < 4.78 is 1.25. The molecule has 0 bridgehead atoms. The number of benzene rings is 1. The zero-order valence-corrected chi connectivity index (χ0v) is 7.19. The predicted molar refractivity (Wildman–Crippen MR) is 51.4 cm³/mol. The van der Waals surface area contributed by atoms with Gasteiger partial charge >= 0.3 is 0 Å². The van der Waals surface area contributed by atoms with E-state index in [0.717, 1.165) is 0 Å². The largest absolute Gasteiger partial charge is 0.382 e. The van der Waals surface area contributed by atoms with Gasteiger partial charge in [0, 0.05) is 12.4 Å². The second-order valence-electron chi connectivity index (χ2n) is 2.86. The Morgan fingerprint density at radius 1 is 1.31 bits per heavy atom.